The number of ether oxygens (including phenoxy) is 1. The van der Waals surface area contributed by atoms with E-state index in [4.69, 9.17) is 16.3 Å². The van der Waals surface area contributed by atoms with Gasteiger partial charge in [-0.3, -0.25) is 0 Å². The lowest BCUT2D eigenvalue weighted by Crippen LogP contribution is -2.44. The van der Waals surface area contributed by atoms with Crippen LogP contribution in [0.5, 0.6) is 5.75 Å². The van der Waals surface area contributed by atoms with Crippen molar-refractivity contribution >= 4 is 23.1 Å². The van der Waals surface area contributed by atoms with Gasteiger partial charge in [-0.15, -0.1) is 0 Å². The number of fused-ring (bicyclic) bond motifs is 1. The first-order chi connectivity index (χ1) is 13.6. The zero-order chi connectivity index (χ0) is 21.3. The lowest BCUT2D eigenvalue weighted by molar-refractivity contribution is -0.137. The Bertz CT molecular complexity index is 978. The van der Waals surface area contributed by atoms with Crippen molar-refractivity contribution in [3.63, 3.8) is 0 Å². The number of pyridine rings is 1. The van der Waals surface area contributed by atoms with E-state index in [1.54, 1.807) is 0 Å². The van der Waals surface area contributed by atoms with Gasteiger partial charge in [0.2, 0.25) is 0 Å². The maximum Gasteiger partial charge on any atom is 0.417 e. The first-order valence-corrected chi connectivity index (χ1v) is 8.79. The van der Waals surface area contributed by atoms with Gasteiger partial charge < -0.3 is 20.1 Å². The van der Waals surface area contributed by atoms with E-state index in [-0.39, 0.29) is 42.0 Å². The third-order valence-electron chi connectivity index (χ3n) is 4.28. The van der Waals surface area contributed by atoms with Gasteiger partial charge in [-0.05, 0) is 19.1 Å². The number of aryl methyl sites for hydroxylation is 1. The van der Waals surface area contributed by atoms with Crippen LogP contribution in [0, 0.1) is 24.1 Å². The molecule has 1 atom stereocenters. The van der Waals surface area contributed by atoms with E-state index in [9.17, 15) is 27.9 Å². The first kappa shape index (κ1) is 21.0. The number of halogens is 5. The van der Waals surface area contributed by atoms with Crippen molar-refractivity contribution in [2.24, 2.45) is 0 Å². The standard InChI is InChI=1S/C18H15ClF4N4O2/c1-9-4-11(18(21,22)23)10(7-24)17(26-9)25-8-16(28)27-2-3-29-15-6-13(20)12(19)5-14(15)27/h4-6,16,28H,2-3,8H2,1H3,(H,25,26). The number of alkyl halides is 3. The average molecular weight is 431 g/mol. The van der Waals surface area contributed by atoms with E-state index in [0.29, 0.717) is 5.69 Å². The smallest absolute Gasteiger partial charge is 0.417 e. The van der Waals surface area contributed by atoms with Crippen LogP contribution in [-0.4, -0.2) is 36.0 Å². The number of anilines is 2. The van der Waals surface area contributed by atoms with E-state index >= 15 is 0 Å². The van der Waals surface area contributed by atoms with Crippen LogP contribution >= 0.6 is 11.6 Å². The summed E-state index contributed by atoms with van der Waals surface area (Å²) in [6, 6.07) is 4.68. The van der Waals surface area contributed by atoms with E-state index in [1.165, 1.54) is 24.0 Å². The molecule has 6 nitrogen and oxygen atoms in total. The highest BCUT2D eigenvalue weighted by molar-refractivity contribution is 6.31. The fraction of sp³-hybridized carbons (Fsp3) is 0.333. The van der Waals surface area contributed by atoms with Gasteiger partial charge >= 0.3 is 6.18 Å². The molecule has 2 N–H and O–H groups in total. The monoisotopic (exact) mass is 430 g/mol. The van der Waals surface area contributed by atoms with Crippen LogP contribution in [0.15, 0.2) is 18.2 Å². The van der Waals surface area contributed by atoms with Crippen LogP contribution < -0.4 is 15.0 Å². The van der Waals surface area contributed by atoms with E-state index < -0.39 is 29.3 Å². The van der Waals surface area contributed by atoms with E-state index in [0.717, 1.165) is 12.1 Å². The summed E-state index contributed by atoms with van der Waals surface area (Å²) in [7, 11) is 0. The number of nitriles is 1. The molecule has 0 spiro atoms. The van der Waals surface area contributed by atoms with Crippen LogP contribution in [0.1, 0.15) is 16.8 Å². The minimum absolute atomic E-state index is 0.0623. The first-order valence-electron chi connectivity index (χ1n) is 8.41. The molecule has 0 saturated heterocycles. The summed E-state index contributed by atoms with van der Waals surface area (Å²) >= 11 is 5.80. The molecular formula is C18H15ClF4N4O2. The van der Waals surface area contributed by atoms with Gasteiger partial charge in [0, 0.05) is 11.8 Å². The predicted molar refractivity (Wildman–Crippen MR) is 97.4 cm³/mol. The average Bonchev–Trinajstić information content (AvgIpc) is 2.65. The minimum atomic E-state index is -4.72. The molecule has 1 aliphatic rings. The fourth-order valence-electron chi connectivity index (χ4n) is 2.98. The van der Waals surface area contributed by atoms with Gasteiger partial charge in [-0.25, -0.2) is 9.37 Å². The largest absolute Gasteiger partial charge is 0.489 e. The van der Waals surface area contributed by atoms with Gasteiger partial charge in [0.25, 0.3) is 0 Å². The van der Waals surface area contributed by atoms with E-state index in [2.05, 4.69) is 10.3 Å². The summed E-state index contributed by atoms with van der Waals surface area (Å²) in [5.74, 6) is -0.783. The lowest BCUT2D eigenvalue weighted by Gasteiger charge is -2.35. The van der Waals surface area contributed by atoms with E-state index in [1.807, 2.05) is 0 Å². The minimum Gasteiger partial charge on any atom is -0.489 e. The van der Waals surface area contributed by atoms with Crippen molar-refractivity contribution in [1.82, 2.24) is 4.98 Å². The zero-order valence-corrected chi connectivity index (χ0v) is 15.8. The number of rotatable bonds is 4. The Morgan fingerprint density at radius 2 is 2.14 bits per heavy atom. The number of aromatic nitrogens is 1. The molecule has 0 radical (unpaired) electrons. The Kier molecular flexibility index (Phi) is 5.73. The van der Waals surface area contributed by atoms with Gasteiger partial charge in [0.15, 0.2) is 0 Å². The topological polar surface area (TPSA) is 81.4 Å². The van der Waals surface area contributed by atoms with Gasteiger partial charge in [0.05, 0.1) is 29.4 Å². The number of nitrogens with zero attached hydrogens (tertiary/aromatic N) is 3. The molecule has 1 unspecified atom stereocenters. The second-order valence-electron chi connectivity index (χ2n) is 6.28. The third-order valence-corrected chi connectivity index (χ3v) is 4.57. The SMILES string of the molecule is Cc1cc(C(F)(F)F)c(C#N)c(NCC(O)N2CCOc3cc(F)c(Cl)cc32)n1. The maximum absolute atomic E-state index is 13.6. The molecule has 0 bridgehead atoms. The van der Waals surface area contributed by atoms with Crippen molar-refractivity contribution in [3.05, 3.63) is 45.9 Å². The Hall–Kier alpha value is -2.77. The van der Waals surface area contributed by atoms with Crippen molar-refractivity contribution < 1.29 is 27.4 Å². The summed E-state index contributed by atoms with van der Waals surface area (Å²) in [6.07, 6.45) is -5.96. The Balaban J connectivity index is 1.84. The third kappa shape index (κ3) is 4.31. The lowest BCUT2D eigenvalue weighted by atomic mass is 10.1. The zero-order valence-electron chi connectivity index (χ0n) is 15.0. The van der Waals surface area contributed by atoms with Crippen LogP contribution in [0.25, 0.3) is 0 Å². The molecule has 0 fully saturated rings. The van der Waals surface area contributed by atoms with Crippen molar-refractivity contribution in [1.29, 1.82) is 5.26 Å². The summed E-state index contributed by atoms with van der Waals surface area (Å²) in [5.41, 5.74) is -1.37. The van der Waals surface area contributed by atoms with Crippen molar-refractivity contribution in [2.75, 3.05) is 29.9 Å². The second kappa shape index (κ2) is 7.93. The Morgan fingerprint density at radius 1 is 1.41 bits per heavy atom. The quantitative estimate of drug-likeness (QED) is 0.720. The molecule has 1 aromatic heterocycles. The number of aliphatic hydroxyl groups is 1. The van der Waals surface area contributed by atoms with Gasteiger partial charge in [0.1, 0.15) is 41.9 Å². The maximum atomic E-state index is 13.6. The molecular weight excluding hydrogens is 416 g/mol. The normalized spacial score (nSPS) is 14.6. The number of hydrogen-bond acceptors (Lipinski definition) is 6. The van der Waals surface area contributed by atoms with Crippen LogP contribution in [-0.2, 0) is 6.18 Å². The summed E-state index contributed by atoms with van der Waals surface area (Å²) in [4.78, 5) is 5.41. The molecule has 1 aromatic carbocycles. The predicted octanol–water partition coefficient (Wildman–Crippen LogP) is 3.70. The Labute approximate surface area is 168 Å². The summed E-state index contributed by atoms with van der Waals surface area (Å²) in [6.45, 7) is 1.51. The molecule has 154 valence electrons. The highest BCUT2D eigenvalue weighted by atomic mass is 35.5. The molecule has 0 aliphatic carbocycles. The number of hydrogen-bond donors (Lipinski definition) is 2. The van der Waals surface area contributed by atoms with Crippen LogP contribution in [0.2, 0.25) is 5.02 Å². The fourth-order valence-corrected chi connectivity index (χ4v) is 3.14. The highest BCUT2D eigenvalue weighted by Gasteiger charge is 2.36. The summed E-state index contributed by atoms with van der Waals surface area (Å²) < 4.78 is 58.6. The number of benzene rings is 1. The molecule has 0 saturated carbocycles. The molecule has 2 aromatic rings. The van der Waals surface area contributed by atoms with Gasteiger partial charge in [-0.1, -0.05) is 11.6 Å². The molecule has 29 heavy (non-hydrogen) atoms. The molecule has 2 heterocycles. The second-order valence-corrected chi connectivity index (χ2v) is 6.69. The number of aliphatic hydroxyl groups excluding tert-OH is 1. The van der Waals surface area contributed by atoms with Crippen molar-refractivity contribution in [3.8, 4) is 11.8 Å². The summed E-state index contributed by atoms with van der Waals surface area (Å²) in [5, 5.41) is 22.2. The van der Waals surface area contributed by atoms with Crippen LogP contribution in [0.3, 0.4) is 0 Å². The molecule has 3 rings (SSSR count). The molecule has 1 aliphatic heterocycles. The molecule has 11 heteroatoms. The Morgan fingerprint density at radius 3 is 2.79 bits per heavy atom. The highest BCUT2D eigenvalue weighted by Crippen LogP contribution is 2.37. The molecule has 0 amide bonds. The van der Waals surface area contributed by atoms with Crippen LogP contribution in [0.4, 0.5) is 29.1 Å². The van der Waals surface area contributed by atoms with Crippen molar-refractivity contribution in [2.45, 2.75) is 19.3 Å². The van der Waals surface area contributed by atoms with Gasteiger partial charge in [-0.2, -0.15) is 18.4 Å². The number of nitrogens with one attached hydrogen (secondary N) is 1.